The zero-order valence-electron chi connectivity index (χ0n) is 11.6. The lowest BCUT2D eigenvalue weighted by molar-refractivity contribution is 0.227. The standard InChI is InChI=1S/C10H21N5O2/c1-13(2)8(11-9(16)14(3)4)12-10(17-7)15(5)6/h1-7H3/b11-8-,12-10+. The van der Waals surface area contributed by atoms with Crippen molar-refractivity contribution >= 4 is 18.0 Å². The number of guanidine groups is 1. The fraction of sp³-hybridized carbons (Fsp3) is 0.700. The topological polar surface area (TPSA) is 60.7 Å². The molecule has 0 fully saturated rings. The van der Waals surface area contributed by atoms with E-state index in [0.717, 1.165) is 0 Å². The van der Waals surface area contributed by atoms with Gasteiger partial charge >= 0.3 is 6.03 Å². The third-order valence-electron chi connectivity index (χ3n) is 1.74. The molecule has 7 nitrogen and oxygen atoms in total. The molecule has 0 aromatic heterocycles. The number of urea groups is 1. The fourth-order valence-corrected chi connectivity index (χ4v) is 0.824. The van der Waals surface area contributed by atoms with E-state index in [1.54, 1.807) is 52.1 Å². The molecule has 98 valence electrons. The first-order chi connectivity index (χ1) is 7.79. The summed E-state index contributed by atoms with van der Waals surface area (Å²) < 4.78 is 5.08. The molecule has 0 heterocycles. The van der Waals surface area contributed by atoms with Gasteiger partial charge in [0.15, 0.2) is 0 Å². The Balaban J connectivity index is 5.19. The molecule has 0 saturated carbocycles. The van der Waals surface area contributed by atoms with E-state index in [1.807, 2.05) is 0 Å². The molecule has 17 heavy (non-hydrogen) atoms. The lowest BCUT2D eigenvalue weighted by Gasteiger charge is -2.17. The average Bonchev–Trinajstić information content (AvgIpc) is 2.22. The van der Waals surface area contributed by atoms with Crippen LogP contribution in [-0.4, -0.2) is 82.1 Å². The predicted octanol–water partition coefficient (Wildman–Crippen LogP) is 0.150. The highest BCUT2D eigenvalue weighted by Crippen LogP contribution is 1.95. The number of carbonyl (C=O) groups is 1. The molecule has 2 amide bonds. The van der Waals surface area contributed by atoms with Gasteiger partial charge in [-0.25, -0.2) is 4.79 Å². The molecule has 0 saturated heterocycles. The van der Waals surface area contributed by atoms with Gasteiger partial charge < -0.3 is 19.4 Å². The summed E-state index contributed by atoms with van der Waals surface area (Å²) in [6.07, 6.45) is 0. The van der Waals surface area contributed by atoms with Crippen LogP contribution in [0.1, 0.15) is 0 Å². The van der Waals surface area contributed by atoms with Crippen molar-refractivity contribution in [3.05, 3.63) is 0 Å². The lowest BCUT2D eigenvalue weighted by atomic mass is 10.7. The second kappa shape index (κ2) is 6.72. The van der Waals surface area contributed by atoms with Gasteiger partial charge in [-0.05, 0) is 0 Å². The molecule has 0 aliphatic carbocycles. The van der Waals surface area contributed by atoms with E-state index in [-0.39, 0.29) is 12.0 Å². The normalized spacial score (nSPS) is 12.2. The van der Waals surface area contributed by atoms with Gasteiger partial charge in [-0.1, -0.05) is 0 Å². The molecule has 0 rings (SSSR count). The molecule has 0 radical (unpaired) electrons. The van der Waals surface area contributed by atoms with Crippen molar-refractivity contribution in [1.82, 2.24) is 14.7 Å². The Kier molecular flexibility index (Phi) is 6.01. The molecular weight excluding hydrogens is 222 g/mol. The van der Waals surface area contributed by atoms with Gasteiger partial charge in [0.1, 0.15) is 0 Å². The first-order valence-corrected chi connectivity index (χ1v) is 5.07. The van der Waals surface area contributed by atoms with Gasteiger partial charge in [0.05, 0.1) is 7.11 Å². The number of amides is 2. The smallest absolute Gasteiger partial charge is 0.346 e. The number of amidine groups is 1. The summed E-state index contributed by atoms with van der Waals surface area (Å²) in [6, 6.07) is 0.00988. The summed E-state index contributed by atoms with van der Waals surface area (Å²) in [5.74, 6) is 0.286. The van der Waals surface area contributed by atoms with E-state index in [9.17, 15) is 4.79 Å². The number of ether oxygens (including phenoxy) is 1. The van der Waals surface area contributed by atoms with E-state index in [0.29, 0.717) is 6.02 Å². The van der Waals surface area contributed by atoms with E-state index >= 15 is 0 Å². The molecule has 7 heteroatoms. The number of methoxy groups -OCH3 is 1. The van der Waals surface area contributed by atoms with Crippen LogP contribution < -0.4 is 0 Å². The van der Waals surface area contributed by atoms with E-state index in [4.69, 9.17) is 4.74 Å². The van der Waals surface area contributed by atoms with Crippen molar-refractivity contribution in [3.8, 4) is 0 Å². The molecule has 0 aromatic rings. The molecule has 0 aliphatic rings. The van der Waals surface area contributed by atoms with Gasteiger partial charge in [0.2, 0.25) is 5.96 Å². The molecular formula is C10H21N5O2. The summed E-state index contributed by atoms with van der Waals surface area (Å²) in [4.78, 5) is 24.2. The Morgan fingerprint density at radius 2 is 1.41 bits per heavy atom. The highest BCUT2D eigenvalue weighted by atomic mass is 16.5. The van der Waals surface area contributed by atoms with Crippen molar-refractivity contribution in [2.45, 2.75) is 0 Å². The van der Waals surface area contributed by atoms with Crippen LogP contribution >= 0.6 is 0 Å². The van der Waals surface area contributed by atoms with Gasteiger partial charge in [-0.15, -0.1) is 0 Å². The average molecular weight is 243 g/mol. The maximum atomic E-state index is 11.5. The molecule has 0 spiro atoms. The minimum atomic E-state index is -0.369. The van der Waals surface area contributed by atoms with Gasteiger partial charge in [0.25, 0.3) is 6.02 Å². The second-order valence-corrected chi connectivity index (χ2v) is 3.98. The van der Waals surface area contributed by atoms with Gasteiger partial charge in [0, 0.05) is 42.3 Å². The minimum absolute atomic E-state index is 0.286. The largest absolute Gasteiger partial charge is 0.468 e. The zero-order valence-corrected chi connectivity index (χ0v) is 11.6. The van der Waals surface area contributed by atoms with Crippen LogP contribution in [-0.2, 0) is 4.74 Å². The first kappa shape index (κ1) is 15.2. The molecule has 0 aliphatic heterocycles. The Morgan fingerprint density at radius 3 is 1.71 bits per heavy atom. The summed E-state index contributed by atoms with van der Waals surface area (Å²) in [5, 5.41) is 0. The number of hydrogen-bond donors (Lipinski definition) is 0. The zero-order chi connectivity index (χ0) is 13.6. The van der Waals surface area contributed by atoms with Crippen LogP contribution in [0.2, 0.25) is 0 Å². The first-order valence-electron chi connectivity index (χ1n) is 5.07. The lowest BCUT2D eigenvalue weighted by Crippen LogP contribution is -2.30. The third kappa shape index (κ3) is 5.19. The number of carbonyl (C=O) groups excluding carboxylic acids is 1. The van der Waals surface area contributed by atoms with Crippen molar-refractivity contribution < 1.29 is 9.53 Å². The SMILES string of the molecule is CO/C(=N/C(=N/C(=O)N(C)C)N(C)C)N(C)C. The molecule has 0 atom stereocenters. The third-order valence-corrected chi connectivity index (χ3v) is 1.74. The fourth-order valence-electron chi connectivity index (χ4n) is 0.824. The summed E-state index contributed by atoms with van der Waals surface area (Å²) in [6.45, 7) is 0. The predicted molar refractivity (Wildman–Crippen MR) is 68.3 cm³/mol. The molecule has 0 aromatic carbocycles. The van der Waals surface area contributed by atoms with Crippen molar-refractivity contribution in [2.75, 3.05) is 49.4 Å². The number of nitrogens with zero attached hydrogens (tertiary/aromatic N) is 5. The van der Waals surface area contributed by atoms with E-state index in [1.165, 1.54) is 12.0 Å². The van der Waals surface area contributed by atoms with Crippen LogP contribution in [0.15, 0.2) is 9.98 Å². The van der Waals surface area contributed by atoms with Crippen molar-refractivity contribution in [2.24, 2.45) is 9.98 Å². The Morgan fingerprint density at radius 1 is 0.882 bits per heavy atom. The van der Waals surface area contributed by atoms with Crippen LogP contribution in [0.4, 0.5) is 4.79 Å². The number of aliphatic imine (C=N–C) groups is 2. The summed E-state index contributed by atoms with van der Waals surface area (Å²) in [7, 11) is 11.9. The number of hydrogen-bond acceptors (Lipinski definition) is 2. The van der Waals surface area contributed by atoms with Crippen LogP contribution in [0.25, 0.3) is 0 Å². The Hall–Kier alpha value is -1.79. The van der Waals surface area contributed by atoms with E-state index < -0.39 is 0 Å². The summed E-state index contributed by atoms with van der Waals surface area (Å²) >= 11 is 0. The molecule has 0 unspecified atom stereocenters. The van der Waals surface area contributed by atoms with E-state index in [2.05, 4.69) is 9.98 Å². The Bertz CT molecular complexity index is 321. The highest BCUT2D eigenvalue weighted by Gasteiger charge is 2.10. The quantitative estimate of drug-likeness (QED) is 0.449. The van der Waals surface area contributed by atoms with Gasteiger partial charge in [-0.3, -0.25) is 0 Å². The highest BCUT2D eigenvalue weighted by molar-refractivity contribution is 5.98. The van der Waals surface area contributed by atoms with Crippen molar-refractivity contribution in [3.63, 3.8) is 0 Å². The monoisotopic (exact) mass is 243 g/mol. The maximum Gasteiger partial charge on any atom is 0.346 e. The number of rotatable bonds is 0. The van der Waals surface area contributed by atoms with Crippen LogP contribution in [0.5, 0.6) is 0 Å². The van der Waals surface area contributed by atoms with Crippen LogP contribution in [0, 0.1) is 0 Å². The maximum absolute atomic E-state index is 11.5. The van der Waals surface area contributed by atoms with Gasteiger partial charge in [-0.2, -0.15) is 9.98 Å². The summed E-state index contributed by atoms with van der Waals surface area (Å²) in [5.41, 5.74) is 0. The second-order valence-electron chi connectivity index (χ2n) is 3.98. The minimum Gasteiger partial charge on any atom is -0.468 e. The van der Waals surface area contributed by atoms with Crippen molar-refractivity contribution in [1.29, 1.82) is 0 Å². The van der Waals surface area contributed by atoms with Crippen LogP contribution in [0.3, 0.4) is 0 Å². The molecule has 0 N–H and O–H groups in total. The Labute approximate surface area is 102 Å². The molecule has 0 bridgehead atoms.